The van der Waals surface area contributed by atoms with E-state index in [-0.39, 0.29) is 17.5 Å². The molecule has 2 amide bonds. The third-order valence-electron chi connectivity index (χ3n) is 5.46. The summed E-state index contributed by atoms with van der Waals surface area (Å²) in [5.74, 6) is -0.0393. The van der Waals surface area contributed by atoms with Crippen molar-refractivity contribution in [2.75, 3.05) is 17.3 Å². The maximum absolute atomic E-state index is 13.5. The van der Waals surface area contributed by atoms with Gasteiger partial charge in [0.1, 0.15) is 11.4 Å². The number of hydrogen-bond donors (Lipinski definition) is 1. The number of carbonyl (C=O) groups excluding carboxylic acids is 2. The van der Waals surface area contributed by atoms with Crippen molar-refractivity contribution in [1.29, 1.82) is 0 Å². The third kappa shape index (κ3) is 3.70. The molecule has 0 bridgehead atoms. The zero-order valence-electron chi connectivity index (χ0n) is 18.0. The second-order valence-electron chi connectivity index (χ2n) is 7.65. The van der Waals surface area contributed by atoms with Gasteiger partial charge in [-0.05, 0) is 61.7 Å². The smallest absolute Gasteiger partial charge is 0.282 e. The summed E-state index contributed by atoms with van der Waals surface area (Å²) in [7, 11) is 1.59. The number of anilines is 2. The highest BCUT2D eigenvalue weighted by Gasteiger charge is 2.40. The monoisotopic (exact) mass is 412 g/mol. The number of carbonyl (C=O) groups is 2. The van der Waals surface area contributed by atoms with Gasteiger partial charge in [-0.15, -0.1) is 0 Å². The summed E-state index contributed by atoms with van der Waals surface area (Å²) in [5, 5.41) is 3.25. The number of ether oxygens (including phenoxy) is 1. The van der Waals surface area contributed by atoms with Gasteiger partial charge in [0.05, 0.1) is 18.4 Å². The van der Waals surface area contributed by atoms with Crippen molar-refractivity contribution >= 4 is 28.8 Å². The van der Waals surface area contributed by atoms with Crippen molar-refractivity contribution in [3.63, 3.8) is 0 Å². The van der Waals surface area contributed by atoms with Crippen molar-refractivity contribution in [3.8, 4) is 5.75 Å². The first-order chi connectivity index (χ1) is 14.9. The summed E-state index contributed by atoms with van der Waals surface area (Å²) in [4.78, 5) is 28.3. The van der Waals surface area contributed by atoms with Crippen LogP contribution in [0.15, 0.2) is 72.4 Å². The van der Waals surface area contributed by atoms with E-state index >= 15 is 0 Å². The van der Waals surface area contributed by atoms with Crippen LogP contribution in [0.25, 0.3) is 5.57 Å². The standard InChI is InChI=1S/C26H24N2O3/c1-16-9-14-21(18(3)15-16)27-24-23(19-10-12-20(31-4)13-11-19)25(29)28(26(24)30)22-8-6-5-7-17(22)2/h5-15,27H,1-4H3. The predicted octanol–water partition coefficient (Wildman–Crippen LogP) is 5.02. The Morgan fingerprint density at radius 3 is 2.16 bits per heavy atom. The third-order valence-corrected chi connectivity index (χ3v) is 5.46. The Balaban J connectivity index is 1.85. The van der Waals surface area contributed by atoms with Gasteiger partial charge in [0.2, 0.25) is 0 Å². The molecule has 156 valence electrons. The maximum atomic E-state index is 13.5. The van der Waals surface area contributed by atoms with E-state index in [1.807, 2.05) is 57.2 Å². The van der Waals surface area contributed by atoms with Crippen LogP contribution in [-0.2, 0) is 9.59 Å². The summed E-state index contributed by atoms with van der Waals surface area (Å²) in [6.45, 7) is 5.88. The second kappa shape index (κ2) is 8.11. The predicted molar refractivity (Wildman–Crippen MR) is 123 cm³/mol. The minimum Gasteiger partial charge on any atom is -0.497 e. The molecule has 0 saturated heterocycles. The maximum Gasteiger partial charge on any atom is 0.282 e. The molecule has 0 aliphatic carbocycles. The molecule has 0 spiro atoms. The molecule has 31 heavy (non-hydrogen) atoms. The fraction of sp³-hybridized carbons (Fsp3) is 0.154. The van der Waals surface area contributed by atoms with E-state index in [4.69, 9.17) is 4.74 Å². The second-order valence-corrected chi connectivity index (χ2v) is 7.65. The number of methoxy groups -OCH3 is 1. The molecule has 5 heteroatoms. The van der Waals surface area contributed by atoms with Gasteiger partial charge in [-0.3, -0.25) is 9.59 Å². The molecule has 0 radical (unpaired) electrons. The van der Waals surface area contributed by atoms with Gasteiger partial charge in [0.15, 0.2) is 0 Å². The Morgan fingerprint density at radius 1 is 0.806 bits per heavy atom. The van der Waals surface area contributed by atoms with Crippen molar-refractivity contribution < 1.29 is 14.3 Å². The van der Waals surface area contributed by atoms with Crippen molar-refractivity contribution in [2.45, 2.75) is 20.8 Å². The number of benzene rings is 3. The molecule has 5 nitrogen and oxygen atoms in total. The van der Waals surface area contributed by atoms with Crippen molar-refractivity contribution in [1.82, 2.24) is 0 Å². The number of imide groups is 1. The lowest BCUT2D eigenvalue weighted by molar-refractivity contribution is -0.120. The van der Waals surface area contributed by atoms with Gasteiger partial charge in [0.25, 0.3) is 11.8 Å². The first-order valence-electron chi connectivity index (χ1n) is 10.1. The SMILES string of the molecule is COc1ccc(C2=C(Nc3ccc(C)cc3C)C(=O)N(c3ccccc3C)C2=O)cc1. The average Bonchev–Trinajstić information content (AvgIpc) is 3.00. The quantitative estimate of drug-likeness (QED) is 0.598. The Morgan fingerprint density at radius 2 is 1.52 bits per heavy atom. The molecular weight excluding hydrogens is 388 g/mol. The molecule has 1 aliphatic rings. The minimum absolute atomic E-state index is 0.269. The number of hydrogen-bond acceptors (Lipinski definition) is 4. The molecule has 0 atom stereocenters. The molecule has 0 fully saturated rings. The summed E-state index contributed by atoms with van der Waals surface area (Å²) in [5.41, 5.74) is 5.62. The molecule has 3 aromatic rings. The van der Waals surface area contributed by atoms with Crippen LogP contribution in [0.3, 0.4) is 0 Å². The van der Waals surface area contributed by atoms with E-state index < -0.39 is 0 Å². The van der Waals surface area contributed by atoms with E-state index in [0.717, 1.165) is 22.4 Å². The number of rotatable bonds is 5. The number of aryl methyl sites for hydroxylation is 3. The Labute approximate surface area is 182 Å². The molecule has 4 rings (SSSR count). The van der Waals surface area contributed by atoms with Crippen LogP contribution in [0.2, 0.25) is 0 Å². The van der Waals surface area contributed by atoms with Crippen molar-refractivity contribution in [3.05, 3.63) is 94.7 Å². The zero-order chi connectivity index (χ0) is 22.1. The van der Waals surface area contributed by atoms with Crippen LogP contribution in [0.5, 0.6) is 5.75 Å². The average molecular weight is 412 g/mol. The van der Waals surface area contributed by atoms with Crippen LogP contribution >= 0.6 is 0 Å². The topological polar surface area (TPSA) is 58.6 Å². The summed E-state index contributed by atoms with van der Waals surface area (Å²) in [6, 6.07) is 20.5. The number of amides is 2. The van der Waals surface area contributed by atoms with Crippen LogP contribution in [-0.4, -0.2) is 18.9 Å². The Hall–Kier alpha value is -3.86. The van der Waals surface area contributed by atoms with Crippen LogP contribution in [0.4, 0.5) is 11.4 Å². The lowest BCUT2D eigenvalue weighted by atomic mass is 10.0. The lowest BCUT2D eigenvalue weighted by Crippen LogP contribution is -2.33. The number of para-hydroxylation sites is 1. The fourth-order valence-electron chi connectivity index (χ4n) is 3.79. The molecule has 0 saturated carbocycles. The Bertz CT molecular complexity index is 1210. The summed E-state index contributed by atoms with van der Waals surface area (Å²) in [6.07, 6.45) is 0. The van der Waals surface area contributed by atoms with Gasteiger partial charge in [0, 0.05) is 5.69 Å². The van der Waals surface area contributed by atoms with E-state index in [1.165, 1.54) is 4.90 Å². The minimum atomic E-state index is -0.370. The van der Waals surface area contributed by atoms with Crippen LogP contribution in [0, 0.1) is 20.8 Å². The van der Waals surface area contributed by atoms with E-state index in [2.05, 4.69) is 5.32 Å². The molecule has 3 aromatic carbocycles. The van der Waals surface area contributed by atoms with Gasteiger partial charge in [-0.1, -0.05) is 48.0 Å². The van der Waals surface area contributed by atoms with Crippen LogP contribution in [0.1, 0.15) is 22.3 Å². The number of nitrogens with zero attached hydrogens (tertiary/aromatic N) is 1. The zero-order valence-corrected chi connectivity index (χ0v) is 18.0. The number of nitrogens with one attached hydrogen (secondary N) is 1. The first kappa shape index (κ1) is 20.4. The lowest BCUT2D eigenvalue weighted by Gasteiger charge is -2.18. The highest BCUT2D eigenvalue weighted by molar-refractivity contribution is 6.46. The van der Waals surface area contributed by atoms with Crippen LogP contribution < -0.4 is 15.0 Å². The van der Waals surface area contributed by atoms with Gasteiger partial charge in [-0.2, -0.15) is 0 Å². The largest absolute Gasteiger partial charge is 0.497 e. The molecule has 1 heterocycles. The van der Waals surface area contributed by atoms with E-state index in [1.54, 1.807) is 37.4 Å². The Kier molecular flexibility index (Phi) is 5.34. The van der Waals surface area contributed by atoms with Gasteiger partial charge >= 0.3 is 0 Å². The fourth-order valence-corrected chi connectivity index (χ4v) is 3.79. The van der Waals surface area contributed by atoms with Gasteiger partial charge < -0.3 is 10.1 Å². The van der Waals surface area contributed by atoms with Crippen molar-refractivity contribution in [2.24, 2.45) is 0 Å². The molecule has 0 unspecified atom stereocenters. The van der Waals surface area contributed by atoms with E-state index in [0.29, 0.717) is 22.6 Å². The van der Waals surface area contributed by atoms with Gasteiger partial charge in [-0.25, -0.2) is 4.90 Å². The highest BCUT2D eigenvalue weighted by atomic mass is 16.5. The first-order valence-corrected chi connectivity index (χ1v) is 10.1. The summed E-state index contributed by atoms with van der Waals surface area (Å²) < 4.78 is 5.24. The molecule has 0 aromatic heterocycles. The summed E-state index contributed by atoms with van der Waals surface area (Å²) >= 11 is 0. The molecule has 1 N–H and O–H groups in total. The molecular formula is C26H24N2O3. The van der Waals surface area contributed by atoms with E-state index in [9.17, 15) is 9.59 Å². The molecule has 1 aliphatic heterocycles. The normalized spacial score (nSPS) is 13.7. The highest BCUT2D eigenvalue weighted by Crippen LogP contribution is 2.36.